The first-order chi connectivity index (χ1) is 10.4. The molecule has 1 heterocycles. The maximum atomic E-state index is 12.3. The molecule has 0 saturated carbocycles. The van der Waals surface area contributed by atoms with Gasteiger partial charge < -0.3 is 10.6 Å². The molecule has 0 aliphatic heterocycles. The van der Waals surface area contributed by atoms with E-state index in [4.69, 9.17) is 28.9 Å². The van der Waals surface area contributed by atoms with E-state index in [2.05, 4.69) is 15.1 Å². The van der Waals surface area contributed by atoms with Crippen LogP contribution in [0.25, 0.3) is 0 Å². The van der Waals surface area contributed by atoms with E-state index < -0.39 is 12.5 Å². The van der Waals surface area contributed by atoms with Crippen molar-refractivity contribution in [3.8, 4) is 0 Å². The molecule has 0 aliphatic carbocycles. The van der Waals surface area contributed by atoms with Gasteiger partial charge in [-0.3, -0.25) is 0 Å². The summed E-state index contributed by atoms with van der Waals surface area (Å²) in [5.41, 5.74) is 5.59. The van der Waals surface area contributed by atoms with Gasteiger partial charge in [-0.25, -0.2) is 9.48 Å². The molecule has 2 aromatic rings. The Hall–Kier alpha value is -2.19. The number of benzene rings is 1. The van der Waals surface area contributed by atoms with Gasteiger partial charge in [-0.2, -0.15) is 13.9 Å². The lowest BCUT2D eigenvalue weighted by molar-refractivity contribution is 0.0472. The fourth-order valence-electron chi connectivity index (χ4n) is 1.44. The second-order valence-electron chi connectivity index (χ2n) is 3.94. The number of amidine groups is 1. The Morgan fingerprint density at radius 1 is 1.36 bits per heavy atom. The molecule has 1 aromatic heterocycles. The first-order valence-electron chi connectivity index (χ1n) is 5.72. The molecule has 116 valence electrons. The van der Waals surface area contributed by atoms with Gasteiger partial charge >= 0.3 is 12.5 Å². The van der Waals surface area contributed by atoms with Crippen LogP contribution >= 0.6 is 23.2 Å². The highest BCUT2D eigenvalue weighted by atomic mass is 35.5. The molecule has 0 fully saturated rings. The summed E-state index contributed by atoms with van der Waals surface area (Å²) in [6.07, 6.45) is 0.935. The van der Waals surface area contributed by atoms with E-state index in [0.717, 1.165) is 12.3 Å². The molecule has 6 nitrogen and oxygen atoms in total. The van der Waals surface area contributed by atoms with Gasteiger partial charge in [0.15, 0.2) is 11.5 Å². The third kappa shape index (κ3) is 3.71. The van der Waals surface area contributed by atoms with Gasteiger partial charge in [-0.1, -0.05) is 28.4 Å². The van der Waals surface area contributed by atoms with E-state index in [1.807, 2.05) is 0 Å². The second-order valence-corrected chi connectivity index (χ2v) is 4.78. The summed E-state index contributed by atoms with van der Waals surface area (Å²) in [7, 11) is 0. The van der Waals surface area contributed by atoms with E-state index in [9.17, 15) is 13.6 Å². The minimum Gasteiger partial charge on any atom is -0.380 e. The van der Waals surface area contributed by atoms with Crippen molar-refractivity contribution in [1.82, 2.24) is 9.78 Å². The van der Waals surface area contributed by atoms with Crippen LogP contribution in [-0.4, -0.2) is 21.6 Å². The van der Waals surface area contributed by atoms with E-state index >= 15 is 0 Å². The number of aromatic nitrogens is 2. The average Bonchev–Trinajstić information content (AvgIpc) is 2.94. The van der Waals surface area contributed by atoms with Crippen molar-refractivity contribution in [2.45, 2.75) is 6.55 Å². The molecule has 2 N–H and O–H groups in total. The number of carbonyl (C=O) groups excluding carboxylic acids is 1. The van der Waals surface area contributed by atoms with Gasteiger partial charge in [0.1, 0.15) is 0 Å². The summed E-state index contributed by atoms with van der Waals surface area (Å²) in [6, 6.07) is 5.52. The zero-order chi connectivity index (χ0) is 16.3. The lowest BCUT2D eigenvalue weighted by Crippen LogP contribution is -2.16. The molecular weight excluding hydrogens is 341 g/mol. The Morgan fingerprint density at radius 3 is 2.68 bits per heavy atom. The normalized spacial score (nSPS) is 11.8. The summed E-state index contributed by atoms with van der Waals surface area (Å²) >= 11 is 11.6. The second kappa shape index (κ2) is 6.71. The zero-order valence-electron chi connectivity index (χ0n) is 10.7. The van der Waals surface area contributed by atoms with Crippen LogP contribution in [0.4, 0.5) is 8.78 Å². The SMILES string of the molecule is N/C(=N\OC(=O)c1ccn(C(F)F)n1)c1ccc(Cl)cc1Cl. The highest BCUT2D eigenvalue weighted by molar-refractivity contribution is 6.36. The lowest BCUT2D eigenvalue weighted by atomic mass is 10.2. The van der Waals surface area contributed by atoms with Crippen LogP contribution < -0.4 is 5.73 Å². The highest BCUT2D eigenvalue weighted by Gasteiger charge is 2.15. The average molecular weight is 349 g/mol. The topological polar surface area (TPSA) is 82.5 Å². The van der Waals surface area contributed by atoms with E-state index in [0.29, 0.717) is 15.3 Å². The first kappa shape index (κ1) is 16.2. The third-order valence-electron chi connectivity index (χ3n) is 2.45. The quantitative estimate of drug-likeness (QED) is 0.398. The molecule has 0 unspecified atom stereocenters. The van der Waals surface area contributed by atoms with Crippen molar-refractivity contribution in [2.75, 3.05) is 0 Å². The smallest absolute Gasteiger partial charge is 0.380 e. The van der Waals surface area contributed by atoms with E-state index in [-0.39, 0.29) is 16.6 Å². The number of hydrogen-bond donors (Lipinski definition) is 1. The predicted octanol–water partition coefficient (Wildman–Crippen LogP) is 3.06. The molecule has 0 saturated heterocycles. The van der Waals surface area contributed by atoms with Crippen molar-refractivity contribution in [3.05, 3.63) is 51.8 Å². The number of oxime groups is 1. The van der Waals surface area contributed by atoms with Crippen molar-refractivity contribution in [2.24, 2.45) is 10.9 Å². The van der Waals surface area contributed by atoms with Gasteiger partial charge in [0.05, 0.1) is 5.02 Å². The lowest BCUT2D eigenvalue weighted by Gasteiger charge is -2.03. The fraction of sp³-hybridized carbons (Fsp3) is 0.0833. The van der Waals surface area contributed by atoms with Crippen molar-refractivity contribution in [3.63, 3.8) is 0 Å². The molecule has 0 radical (unpaired) electrons. The summed E-state index contributed by atoms with van der Waals surface area (Å²) in [5.74, 6) is -1.21. The molecule has 1 aromatic carbocycles. The summed E-state index contributed by atoms with van der Waals surface area (Å²) < 4.78 is 25.0. The molecule has 0 bridgehead atoms. The molecular formula is C12H8Cl2F2N4O2. The van der Waals surface area contributed by atoms with Gasteiger partial charge in [0.2, 0.25) is 0 Å². The van der Waals surface area contributed by atoms with Crippen molar-refractivity contribution >= 4 is 35.0 Å². The van der Waals surface area contributed by atoms with Crippen LogP contribution in [0.15, 0.2) is 35.6 Å². The van der Waals surface area contributed by atoms with E-state index in [1.54, 1.807) is 0 Å². The van der Waals surface area contributed by atoms with E-state index in [1.165, 1.54) is 18.2 Å². The molecule has 0 spiro atoms. The van der Waals surface area contributed by atoms with Crippen LogP contribution in [-0.2, 0) is 4.84 Å². The van der Waals surface area contributed by atoms with Crippen LogP contribution in [0.1, 0.15) is 22.6 Å². The summed E-state index contributed by atoms with van der Waals surface area (Å²) in [5, 5.41) is 7.34. The molecule has 22 heavy (non-hydrogen) atoms. The maximum absolute atomic E-state index is 12.3. The summed E-state index contributed by atoms with van der Waals surface area (Å²) in [6.45, 7) is -2.86. The molecule has 2 rings (SSSR count). The Kier molecular flexibility index (Phi) is 4.94. The molecule has 10 heteroatoms. The number of hydrogen-bond acceptors (Lipinski definition) is 4. The standard InChI is InChI=1S/C12H8Cl2F2N4O2/c13-6-1-2-7(8(14)5-6)10(17)19-22-11(21)9-3-4-20(18-9)12(15)16/h1-5,12H,(H2,17,19). The van der Waals surface area contributed by atoms with Crippen LogP contribution in [0.3, 0.4) is 0 Å². The predicted molar refractivity (Wildman–Crippen MR) is 76.1 cm³/mol. The number of nitrogens with zero attached hydrogens (tertiary/aromatic N) is 3. The Morgan fingerprint density at radius 2 is 2.09 bits per heavy atom. The minimum absolute atomic E-state index is 0.177. The number of alkyl halides is 2. The Bertz CT molecular complexity index is 734. The fourth-order valence-corrected chi connectivity index (χ4v) is 1.94. The number of rotatable bonds is 4. The molecule has 0 amide bonds. The molecule has 0 aliphatic rings. The maximum Gasteiger partial charge on any atom is 0.385 e. The Labute approximate surface area is 133 Å². The first-order valence-corrected chi connectivity index (χ1v) is 6.47. The largest absolute Gasteiger partial charge is 0.385 e. The minimum atomic E-state index is -2.86. The Balaban J connectivity index is 2.11. The monoisotopic (exact) mass is 348 g/mol. The third-order valence-corrected chi connectivity index (χ3v) is 3.00. The molecule has 0 atom stereocenters. The number of halogens is 4. The van der Waals surface area contributed by atoms with Crippen molar-refractivity contribution in [1.29, 1.82) is 0 Å². The van der Waals surface area contributed by atoms with Gasteiger partial charge in [-0.05, 0) is 24.3 Å². The van der Waals surface area contributed by atoms with Crippen LogP contribution in [0.5, 0.6) is 0 Å². The highest BCUT2D eigenvalue weighted by Crippen LogP contribution is 2.20. The van der Waals surface area contributed by atoms with Gasteiger partial charge in [0, 0.05) is 16.8 Å². The van der Waals surface area contributed by atoms with Gasteiger partial charge in [0.25, 0.3) is 0 Å². The van der Waals surface area contributed by atoms with Crippen molar-refractivity contribution < 1.29 is 18.4 Å². The number of nitrogens with two attached hydrogens (primary N) is 1. The van der Waals surface area contributed by atoms with Gasteiger partial charge in [-0.15, -0.1) is 0 Å². The van der Waals surface area contributed by atoms with Crippen LogP contribution in [0, 0.1) is 0 Å². The zero-order valence-corrected chi connectivity index (χ0v) is 12.2. The van der Waals surface area contributed by atoms with Crippen LogP contribution in [0.2, 0.25) is 10.0 Å². The summed E-state index contributed by atoms with van der Waals surface area (Å²) in [4.78, 5) is 16.1. The number of carbonyl (C=O) groups is 1.